The minimum Gasteiger partial charge on any atom is -0.508 e. The Balaban J connectivity index is 1.54. The van der Waals surface area contributed by atoms with Crippen LogP contribution in [-0.2, 0) is 27.2 Å². The maximum Gasteiger partial charge on any atom is 0.247 e. The van der Waals surface area contributed by atoms with Gasteiger partial charge in [0.1, 0.15) is 17.8 Å². The zero-order valence-electron chi connectivity index (χ0n) is 21.9. The van der Waals surface area contributed by atoms with Crippen molar-refractivity contribution in [2.24, 2.45) is 0 Å². The van der Waals surface area contributed by atoms with Crippen LogP contribution in [0.15, 0.2) is 91.3 Å². The van der Waals surface area contributed by atoms with Crippen LogP contribution in [0.2, 0.25) is 0 Å². The molecular formula is C31H32N4O4. The molecule has 3 amide bonds. The smallest absolute Gasteiger partial charge is 0.247 e. The average Bonchev–Trinajstić information content (AvgIpc) is 3.35. The van der Waals surface area contributed by atoms with Gasteiger partial charge in [-0.05, 0) is 35.4 Å². The van der Waals surface area contributed by atoms with E-state index in [0.29, 0.717) is 6.42 Å². The lowest BCUT2D eigenvalue weighted by molar-refractivity contribution is -0.141. The van der Waals surface area contributed by atoms with Crippen LogP contribution in [0.3, 0.4) is 0 Å². The Morgan fingerprint density at radius 2 is 1.59 bits per heavy atom. The molecule has 4 N–H and O–H groups in total. The molecule has 39 heavy (non-hydrogen) atoms. The van der Waals surface area contributed by atoms with Gasteiger partial charge in [0.15, 0.2) is 0 Å². The van der Waals surface area contributed by atoms with Crippen molar-refractivity contribution in [3.05, 3.63) is 108 Å². The molecule has 2 atom stereocenters. The molecule has 200 valence electrons. The first-order chi connectivity index (χ1) is 18.8. The van der Waals surface area contributed by atoms with Gasteiger partial charge < -0.3 is 25.6 Å². The van der Waals surface area contributed by atoms with E-state index in [9.17, 15) is 19.5 Å². The van der Waals surface area contributed by atoms with Gasteiger partial charge in [0, 0.05) is 55.7 Å². The van der Waals surface area contributed by atoms with Crippen LogP contribution in [0.25, 0.3) is 17.0 Å². The summed E-state index contributed by atoms with van der Waals surface area (Å²) in [6.07, 6.45) is 5.76. The Hall–Kier alpha value is -4.85. The molecule has 0 radical (unpaired) electrons. The maximum absolute atomic E-state index is 13.7. The number of hydrogen-bond acceptors (Lipinski definition) is 4. The first-order valence-corrected chi connectivity index (χ1v) is 12.7. The fraction of sp³-hybridized carbons (Fsp3) is 0.194. The SMILES string of the molecule is CC(=O)N[C@@H](Cc1ccc(O)cc1)C(=O)N(C)[C@@H](Cc1ccccc1)C(=O)N/C=C/c1c[nH]c2ccccc12. The van der Waals surface area contributed by atoms with Crippen molar-refractivity contribution >= 4 is 34.7 Å². The minimum absolute atomic E-state index is 0.110. The van der Waals surface area contributed by atoms with Crippen molar-refractivity contribution in [2.45, 2.75) is 31.8 Å². The average molecular weight is 525 g/mol. The lowest BCUT2D eigenvalue weighted by Gasteiger charge is -2.30. The van der Waals surface area contributed by atoms with Crippen LogP contribution < -0.4 is 10.6 Å². The van der Waals surface area contributed by atoms with Crippen molar-refractivity contribution < 1.29 is 19.5 Å². The van der Waals surface area contributed by atoms with E-state index in [2.05, 4.69) is 15.6 Å². The zero-order valence-corrected chi connectivity index (χ0v) is 21.9. The Morgan fingerprint density at radius 1 is 0.923 bits per heavy atom. The highest BCUT2D eigenvalue weighted by Gasteiger charge is 2.32. The summed E-state index contributed by atoms with van der Waals surface area (Å²) in [4.78, 5) is 43.6. The van der Waals surface area contributed by atoms with Crippen LogP contribution in [0.1, 0.15) is 23.6 Å². The number of carbonyl (C=O) groups excluding carboxylic acids is 3. The van der Waals surface area contributed by atoms with Crippen molar-refractivity contribution in [3.8, 4) is 5.75 Å². The summed E-state index contributed by atoms with van der Waals surface area (Å²) in [6.45, 7) is 1.35. The summed E-state index contributed by atoms with van der Waals surface area (Å²) < 4.78 is 0. The van der Waals surface area contributed by atoms with E-state index in [4.69, 9.17) is 0 Å². The first kappa shape index (κ1) is 27.2. The van der Waals surface area contributed by atoms with Gasteiger partial charge in [0.25, 0.3) is 0 Å². The van der Waals surface area contributed by atoms with Gasteiger partial charge in [-0.3, -0.25) is 14.4 Å². The molecule has 1 heterocycles. The highest BCUT2D eigenvalue weighted by atomic mass is 16.3. The third-order valence-corrected chi connectivity index (χ3v) is 6.55. The molecule has 0 saturated heterocycles. The van der Waals surface area contributed by atoms with Crippen molar-refractivity contribution in [2.75, 3.05) is 7.05 Å². The van der Waals surface area contributed by atoms with Gasteiger partial charge in [0.2, 0.25) is 17.7 Å². The van der Waals surface area contributed by atoms with E-state index >= 15 is 0 Å². The molecule has 0 aliphatic rings. The lowest BCUT2D eigenvalue weighted by Crippen LogP contribution is -2.55. The second-order valence-corrected chi connectivity index (χ2v) is 9.41. The molecule has 0 aliphatic carbocycles. The second kappa shape index (κ2) is 12.6. The zero-order chi connectivity index (χ0) is 27.8. The number of likely N-dealkylation sites (N-methyl/N-ethyl adjacent to an activating group) is 1. The number of rotatable bonds is 10. The van der Waals surface area contributed by atoms with Gasteiger partial charge >= 0.3 is 0 Å². The number of aromatic nitrogens is 1. The monoisotopic (exact) mass is 524 g/mol. The number of nitrogens with zero attached hydrogens (tertiary/aromatic N) is 1. The number of aromatic hydroxyl groups is 1. The number of nitrogens with one attached hydrogen (secondary N) is 3. The van der Waals surface area contributed by atoms with Crippen LogP contribution >= 0.6 is 0 Å². The third kappa shape index (κ3) is 7.13. The molecule has 3 aromatic carbocycles. The summed E-state index contributed by atoms with van der Waals surface area (Å²) in [5.74, 6) is -0.989. The molecule has 4 aromatic rings. The maximum atomic E-state index is 13.7. The molecule has 0 fully saturated rings. The van der Waals surface area contributed by atoms with Crippen LogP contribution in [-0.4, -0.2) is 51.8 Å². The summed E-state index contributed by atoms with van der Waals surface area (Å²) >= 11 is 0. The summed E-state index contributed by atoms with van der Waals surface area (Å²) in [7, 11) is 1.57. The highest BCUT2D eigenvalue weighted by Crippen LogP contribution is 2.19. The molecule has 1 aromatic heterocycles. The summed E-state index contributed by atoms with van der Waals surface area (Å²) in [5, 5.41) is 16.2. The quantitative estimate of drug-likeness (QED) is 0.253. The number of phenolic OH excluding ortho intramolecular Hbond substituents is 1. The Kier molecular flexibility index (Phi) is 8.78. The predicted octanol–water partition coefficient (Wildman–Crippen LogP) is 3.78. The van der Waals surface area contributed by atoms with E-state index < -0.39 is 18.0 Å². The number of phenols is 1. The van der Waals surface area contributed by atoms with Gasteiger partial charge in [-0.15, -0.1) is 0 Å². The number of aromatic amines is 1. The number of para-hydroxylation sites is 1. The Morgan fingerprint density at radius 3 is 2.31 bits per heavy atom. The fourth-order valence-electron chi connectivity index (χ4n) is 4.50. The molecule has 0 saturated carbocycles. The molecule has 0 unspecified atom stereocenters. The first-order valence-electron chi connectivity index (χ1n) is 12.7. The van der Waals surface area contributed by atoms with Crippen LogP contribution in [0.5, 0.6) is 5.75 Å². The van der Waals surface area contributed by atoms with Crippen molar-refractivity contribution in [3.63, 3.8) is 0 Å². The highest BCUT2D eigenvalue weighted by molar-refractivity contribution is 5.93. The van der Waals surface area contributed by atoms with Gasteiger partial charge in [-0.25, -0.2) is 0 Å². The van der Waals surface area contributed by atoms with E-state index in [0.717, 1.165) is 27.6 Å². The predicted molar refractivity (Wildman–Crippen MR) is 152 cm³/mol. The largest absolute Gasteiger partial charge is 0.508 e. The van der Waals surface area contributed by atoms with Crippen LogP contribution in [0.4, 0.5) is 0 Å². The molecule has 0 spiro atoms. The van der Waals surface area contributed by atoms with E-state index in [1.54, 1.807) is 25.4 Å². The minimum atomic E-state index is -0.884. The molecule has 8 heteroatoms. The van der Waals surface area contributed by atoms with Gasteiger partial charge in [0.05, 0.1) is 0 Å². The number of amides is 3. The summed E-state index contributed by atoms with van der Waals surface area (Å²) in [6, 6.07) is 22.1. The topological polar surface area (TPSA) is 115 Å². The summed E-state index contributed by atoms with van der Waals surface area (Å²) in [5.41, 5.74) is 3.58. The molecule has 0 bridgehead atoms. The number of carbonyl (C=O) groups is 3. The Bertz CT molecular complexity index is 1460. The molecule has 0 aliphatic heterocycles. The second-order valence-electron chi connectivity index (χ2n) is 9.41. The molecular weight excluding hydrogens is 492 g/mol. The van der Waals surface area contributed by atoms with E-state index in [-0.39, 0.29) is 24.0 Å². The van der Waals surface area contributed by atoms with E-state index in [1.165, 1.54) is 24.0 Å². The van der Waals surface area contributed by atoms with Crippen molar-refractivity contribution in [1.82, 2.24) is 20.5 Å². The normalized spacial score (nSPS) is 12.7. The third-order valence-electron chi connectivity index (χ3n) is 6.55. The van der Waals surface area contributed by atoms with Crippen molar-refractivity contribution in [1.29, 1.82) is 0 Å². The number of H-pyrrole nitrogens is 1. The number of fused-ring (bicyclic) bond motifs is 1. The standard InChI is InChI=1S/C31H32N4O4/c1-21(36)34-28(18-23-12-14-25(37)15-13-23)31(39)35(2)29(19-22-8-4-3-5-9-22)30(38)32-17-16-24-20-33-27-11-7-6-10-26(24)27/h3-17,20,28-29,33,37H,18-19H2,1-2H3,(H,32,38)(H,34,36)/b17-16+/t28-,29-/m0/s1. The number of benzene rings is 3. The molecule has 8 nitrogen and oxygen atoms in total. The van der Waals surface area contributed by atoms with Gasteiger partial charge in [-0.2, -0.15) is 0 Å². The fourth-order valence-corrected chi connectivity index (χ4v) is 4.50. The van der Waals surface area contributed by atoms with E-state index in [1.807, 2.05) is 66.9 Å². The molecule has 4 rings (SSSR count). The Labute approximate surface area is 227 Å². The van der Waals surface area contributed by atoms with Crippen LogP contribution in [0, 0.1) is 0 Å². The number of hydrogen-bond donors (Lipinski definition) is 4. The van der Waals surface area contributed by atoms with Gasteiger partial charge in [-0.1, -0.05) is 60.7 Å². The lowest BCUT2D eigenvalue weighted by atomic mass is 10.0.